The number of alkyl halides is 1. The molecule has 38 nitrogen and oxygen atoms in total. The number of Topliss-reactive ketones (excluding diaryl/α,β-unsaturated/α-hetero) is 4. The van der Waals surface area contributed by atoms with Crippen LogP contribution >= 0.6 is 11.6 Å². The molecule has 5 heterocycles. The van der Waals surface area contributed by atoms with E-state index in [-0.39, 0.29) is 122 Å². The van der Waals surface area contributed by atoms with Crippen LogP contribution in [-0.4, -0.2) is 193 Å². The number of guanidine groups is 1. The van der Waals surface area contributed by atoms with Gasteiger partial charge in [-0.25, -0.2) is 20.2 Å². The first kappa shape index (κ1) is 90.6. The van der Waals surface area contributed by atoms with Crippen molar-refractivity contribution in [3.63, 3.8) is 0 Å². The van der Waals surface area contributed by atoms with Crippen molar-refractivity contribution in [1.82, 2.24) is 56.6 Å². The Morgan fingerprint density at radius 1 is 0.661 bits per heavy atom. The normalized spacial score (nSPS) is 13.6. The number of carbonyl (C=O) groups is 14. The Balaban J connectivity index is 0.000000285. The van der Waals surface area contributed by atoms with Gasteiger partial charge >= 0.3 is 23.9 Å². The number of aliphatic imine (C=N–C) groups is 1. The zero-order chi connectivity index (χ0) is 87.9. The highest BCUT2D eigenvalue weighted by Gasteiger charge is 2.37. The molecule has 10 rings (SSSR count). The average molecular weight is 1680 g/mol. The molecule has 121 heavy (non-hydrogen) atoms. The number of nitrogens with one attached hydrogen (secondary N) is 9. The highest BCUT2D eigenvalue weighted by atomic mass is 35.5. The van der Waals surface area contributed by atoms with Crippen LogP contribution in [0.5, 0.6) is 5.75 Å². The molecule has 0 bridgehead atoms. The Labute approximate surface area is 693 Å². The number of hydrazone groups is 1. The monoisotopic (exact) mass is 1680 g/mol. The van der Waals surface area contributed by atoms with Gasteiger partial charge in [0.25, 0.3) is 17.4 Å². The van der Waals surface area contributed by atoms with Crippen LogP contribution in [0.4, 0.5) is 17.3 Å². The first-order chi connectivity index (χ1) is 57.7. The summed E-state index contributed by atoms with van der Waals surface area (Å²) < 4.78 is 0. The molecule has 0 saturated heterocycles. The summed E-state index contributed by atoms with van der Waals surface area (Å²) in [5, 5.41) is 68.7. The predicted molar refractivity (Wildman–Crippen MR) is 445 cm³/mol. The summed E-state index contributed by atoms with van der Waals surface area (Å²) in [5.41, 5.74) is 25.5. The van der Waals surface area contributed by atoms with Crippen LogP contribution in [-0.2, 0) is 72.1 Å². The van der Waals surface area contributed by atoms with Gasteiger partial charge in [0.2, 0.25) is 29.6 Å². The number of amides is 6. The average Bonchev–Trinajstić information content (AvgIpc) is 1.60. The minimum Gasteiger partial charge on any atom is -0.507 e. The summed E-state index contributed by atoms with van der Waals surface area (Å²) in [5.74, 6) is -15.2. The molecule has 5 aromatic carbocycles. The van der Waals surface area contributed by atoms with E-state index < -0.39 is 140 Å². The van der Waals surface area contributed by atoms with Gasteiger partial charge in [-0.2, -0.15) is 10.1 Å². The second-order valence-corrected chi connectivity index (χ2v) is 29.1. The van der Waals surface area contributed by atoms with E-state index in [0.717, 1.165) is 61.4 Å². The Bertz CT molecular complexity index is 5600. The van der Waals surface area contributed by atoms with Gasteiger partial charge in [-0.15, -0.1) is 11.6 Å². The second-order valence-electron chi connectivity index (χ2n) is 28.8. The number of ketones is 4. The van der Waals surface area contributed by atoms with Crippen LogP contribution in [0.2, 0.25) is 0 Å². The lowest BCUT2D eigenvalue weighted by molar-refractivity contribution is -0.145. The molecular weight excluding hydrogens is 1590 g/mol. The summed E-state index contributed by atoms with van der Waals surface area (Å²) in [7, 11) is 0. The number of phenols is 1. The number of aromatic hydroxyl groups is 1. The van der Waals surface area contributed by atoms with Gasteiger partial charge in [-0.05, 0) is 115 Å². The smallest absolute Gasteiger partial charge is 0.326 e. The van der Waals surface area contributed by atoms with Gasteiger partial charge in [0.05, 0.1) is 60.7 Å². The van der Waals surface area contributed by atoms with Crippen LogP contribution in [0.1, 0.15) is 157 Å². The highest BCUT2D eigenvalue weighted by molar-refractivity contribution is 6.19. The number of hydrogen-bond donors (Lipinski definition) is 17. The number of carboxylic acid groups (broad SMARTS) is 4. The molecule has 0 radical (unpaired) electrons. The largest absolute Gasteiger partial charge is 0.507 e. The van der Waals surface area contributed by atoms with Crippen LogP contribution in [0.3, 0.4) is 0 Å². The van der Waals surface area contributed by atoms with E-state index in [1.54, 1.807) is 23.1 Å². The number of aliphatic carboxylic acids is 4. The Kier molecular flexibility index (Phi) is 31.6. The number of fused-ring (bicyclic) bond motifs is 6. The van der Waals surface area contributed by atoms with E-state index in [2.05, 4.69) is 72.0 Å². The van der Waals surface area contributed by atoms with E-state index in [1.807, 2.05) is 74.5 Å². The molecule has 0 saturated carbocycles. The lowest BCUT2D eigenvalue weighted by atomic mass is 9.91. The third-order valence-electron chi connectivity index (χ3n) is 19.8. The van der Waals surface area contributed by atoms with E-state index in [1.165, 1.54) is 37.4 Å². The lowest BCUT2D eigenvalue weighted by Crippen LogP contribution is -2.48. The summed E-state index contributed by atoms with van der Waals surface area (Å²) in [6.45, 7) is 5.24. The molecule has 6 atom stereocenters. The molecular formula is C82H91ClN18O20. The third-order valence-corrected chi connectivity index (χ3v) is 20.2. The van der Waals surface area contributed by atoms with Crippen LogP contribution < -0.4 is 59.7 Å². The number of halogens is 1. The molecule has 1 aliphatic rings. The number of nitrogen functional groups attached to an aromatic ring is 1. The Hall–Kier alpha value is -14.3. The van der Waals surface area contributed by atoms with E-state index in [4.69, 9.17) is 28.8 Å². The maximum atomic E-state index is 13.9. The number of carboxylic acids is 4. The maximum Gasteiger partial charge on any atom is 0.326 e. The summed E-state index contributed by atoms with van der Waals surface area (Å²) in [6, 6.07) is 24.6. The topological polar surface area (TPSA) is 621 Å². The molecule has 1 aliphatic heterocycles. The first-order valence-electron chi connectivity index (χ1n) is 38.4. The first-order valence-corrected chi connectivity index (χ1v) is 39.0. The zero-order valence-corrected chi connectivity index (χ0v) is 66.7. The van der Waals surface area contributed by atoms with E-state index in [9.17, 15) is 97.5 Å². The number of H-pyrrole nitrogens is 3. The van der Waals surface area contributed by atoms with Crippen molar-refractivity contribution in [3.8, 4) is 5.75 Å². The Morgan fingerprint density at radius 3 is 1.93 bits per heavy atom. The van der Waals surface area contributed by atoms with E-state index in [0.29, 0.717) is 40.9 Å². The number of carbonyl (C=O) groups excluding carboxylic acids is 10. The van der Waals surface area contributed by atoms with Crippen LogP contribution in [0.15, 0.2) is 124 Å². The fourth-order valence-corrected chi connectivity index (χ4v) is 13.5. The van der Waals surface area contributed by atoms with Gasteiger partial charge in [-0.3, -0.25) is 77.1 Å². The quantitative estimate of drug-likeness (QED) is 0.00575. The van der Waals surface area contributed by atoms with Crippen molar-refractivity contribution in [1.29, 1.82) is 0 Å². The second kappa shape index (κ2) is 42.2. The predicted octanol–water partition coefficient (Wildman–Crippen LogP) is 5.31. The number of rotatable bonds is 42. The number of aromatic nitrogens is 6. The minimum absolute atomic E-state index is 0.0102. The van der Waals surface area contributed by atoms with Gasteiger partial charge in [0.15, 0.2) is 34.5 Å². The zero-order valence-electron chi connectivity index (χ0n) is 65.9. The van der Waals surface area contributed by atoms with Crippen molar-refractivity contribution in [2.75, 3.05) is 41.5 Å². The van der Waals surface area contributed by atoms with Gasteiger partial charge in [-0.1, -0.05) is 50.2 Å². The van der Waals surface area contributed by atoms with Crippen molar-refractivity contribution < 1.29 is 92.7 Å². The third kappa shape index (κ3) is 25.3. The maximum absolute atomic E-state index is 13.9. The van der Waals surface area contributed by atoms with Crippen LogP contribution in [0.25, 0.3) is 43.7 Å². The van der Waals surface area contributed by atoms with Gasteiger partial charge in [0.1, 0.15) is 23.3 Å². The fraction of sp³-hybridized carbons (Fsp3) is 0.341. The molecule has 9 aromatic rings. The minimum atomic E-state index is -1.81. The molecule has 0 spiro atoms. The standard InChI is InChI=1S/C41H38ClN5O5.C41H53N13O15/c1-3-23(2)45-46-39(51)13-10-29(48)16-24-8-11-32-26(14-24)18-34(43-32)38(50)17-25-9-12-33-27(15-25)19-35(44-33)41(52)47-22-28(21-42)40-31-7-5-4-6-30(31)37(49)20-36(40)47;1-2-29(57)47-16-21(38(66)67)13-28(56)26(15-32(61)62)52-36(64)20(4-3-11-45-40(42)43)12-27(55)25(14-31(59)60)50-30(58)10-9-24(39(68)69)51-35(63)19-5-7-22(8-6-19)46-17-23-18-48-34-33(49-23)37(65)54-41(44)53-34/h4-9,11-12,14-15,18-20,28,43-44,49H,3,10,13,16-17,21-22H2,1-2H3,(H,46,51);5-8,18,20-21,24-26,46H,2-4,9-17H2,1H3,(H,47,57)(H,50,58)(H,51,63)(H,52,64)(H,59,60)(H,61,62)(H,66,67)(H,68,69)(H4,42,43,45)(H3,44,48,53,54,65)/b45-23+;/t;20-,21+,24+,25+,26+/m.1/s1. The van der Waals surface area contributed by atoms with Gasteiger partial charge in [0, 0.05) is 139 Å². The number of anilines is 3. The summed E-state index contributed by atoms with van der Waals surface area (Å²) in [6.07, 6.45) is -2.27. The number of hydrogen-bond acceptors (Lipinski definition) is 23. The fourth-order valence-electron chi connectivity index (χ4n) is 13.3. The van der Waals surface area contributed by atoms with Crippen molar-refractivity contribution in [3.05, 3.63) is 159 Å². The van der Waals surface area contributed by atoms with Crippen molar-refractivity contribution in [2.24, 2.45) is 33.4 Å². The van der Waals surface area contributed by atoms with Crippen LogP contribution in [0, 0.1) is 11.8 Å². The van der Waals surface area contributed by atoms with Gasteiger partial charge < -0.3 is 84.2 Å². The number of nitrogens with zero attached hydrogens (tertiary/aromatic N) is 6. The number of phenolic OH excluding ortho intramolecular Hbond substituents is 1. The van der Waals surface area contributed by atoms with Crippen molar-refractivity contribution in [2.45, 2.75) is 141 Å². The molecule has 0 fully saturated rings. The summed E-state index contributed by atoms with van der Waals surface area (Å²) in [4.78, 5) is 216. The molecule has 1 unspecified atom stereocenters. The molecule has 636 valence electrons. The highest BCUT2D eigenvalue weighted by Crippen LogP contribution is 2.46. The lowest BCUT2D eigenvalue weighted by Gasteiger charge is -2.24. The molecule has 6 amide bonds. The number of aromatic amines is 3. The molecule has 39 heteroatoms. The Morgan fingerprint density at radius 2 is 1.30 bits per heavy atom. The summed E-state index contributed by atoms with van der Waals surface area (Å²) >= 11 is 6.38. The number of benzene rings is 5. The number of nitrogens with two attached hydrogens (primary N) is 3. The van der Waals surface area contributed by atoms with Crippen molar-refractivity contribution >= 4 is 167 Å². The molecule has 20 N–H and O–H groups in total. The van der Waals surface area contributed by atoms with E-state index >= 15 is 0 Å². The molecule has 0 aliphatic carbocycles. The SMILES string of the molecule is CC/C(C)=N/NC(=O)CCC(=O)Cc1ccc2[nH]c(C(=O)Cc3ccc4[nH]c(C(=O)N5CC(CCl)c6c5cc(O)c5ccccc65)cc4c3)cc2c1.CCC(=O)NC[C@H](CC(=O)[C@H](CC(=O)O)NC(=O)[C@H](CCCN=C(N)N)CC(=O)[C@H](CC(=O)O)NC(=O)CC[C@H](NC(=O)c1ccc(NCc2cnc3nc(N)[nH]c(=O)c3n2)cc1)C(=O)O)C(=O)O. The molecule has 4 aromatic heterocycles.